The molecule has 3 heterocycles. The molecular formula is C18H15ClN6O2. The molecule has 0 bridgehead atoms. The van der Waals surface area contributed by atoms with Crippen molar-refractivity contribution in [2.75, 3.05) is 11.9 Å². The first-order valence-electron chi connectivity index (χ1n) is 8.15. The van der Waals surface area contributed by atoms with E-state index in [0.717, 1.165) is 16.9 Å². The molecule has 8 nitrogen and oxygen atoms in total. The molecule has 0 saturated heterocycles. The van der Waals surface area contributed by atoms with Crippen molar-refractivity contribution in [2.24, 2.45) is 0 Å². The summed E-state index contributed by atoms with van der Waals surface area (Å²) in [5.74, 6) is 2.68. The second-order valence-electron chi connectivity index (χ2n) is 5.91. The van der Waals surface area contributed by atoms with Gasteiger partial charge < -0.3 is 13.8 Å². The van der Waals surface area contributed by atoms with Gasteiger partial charge in [0.2, 0.25) is 17.6 Å². The van der Waals surface area contributed by atoms with Crippen molar-refractivity contribution in [1.29, 1.82) is 0 Å². The first-order chi connectivity index (χ1) is 13.1. The van der Waals surface area contributed by atoms with Crippen LogP contribution in [0.5, 0.6) is 0 Å². The molecule has 4 rings (SSSR count). The Bertz CT molecular complexity index is 1060. The molecule has 3 aromatic heterocycles. The molecule has 0 atom stereocenters. The molecule has 27 heavy (non-hydrogen) atoms. The standard InChI is InChI=1S/C18H15ClN6O2/c1-11-22-23-16(26-11)10-25(2)15-7-6-13(9-20-15)18-21-17(24-27-18)12-4-3-5-14(19)8-12/h3-9H,10H2,1-2H3. The Morgan fingerprint density at radius 3 is 2.70 bits per heavy atom. The first kappa shape index (κ1) is 17.2. The summed E-state index contributed by atoms with van der Waals surface area (Å²) >= 11 is 6.01. The molecular weight excluding hydrogens is 368 g/mol. The average Bonchev–Trinajstić information content (AvgIpc) is 3.31. The van der Waals surface area contributed by atoms with Gasteiger partial charge in [0.1, 0.15) is 5.82 Å². The van der Waals surface area contributed by atoms with Crippen LogP contribution in [0.25, 0.3) is 22.8 Å². The number of anilines is 1. The van der Waals surface area contributed by atoms with Crippen LogP contribution in [0.1, 0.15) is 11.8 Å². The molecule has 0 radical (unpaired) electrons. The third-order valence-corrected chi connectivity index (χ3v) is 4.07. The lowest BCUT2D eigenvalue weighted by molar-refractivity contribution is 0.432. The Morgan fingerprint density at radius 2 is 2.00 bits per heavy atom. The summed E-state index contributed by atoms with van der Waals surface area (Å²) in [5, 5.41) is 12.4. The predicted octanol–water partition coefficient (Wildman–Crippen LogP) is 3.78. The van der Waals surface area contributed by atoms with Gasteiger partial charge in [-0.3, -0.25) is 0 Å². The number of hydrogen-bond donors (Lipinski definition) is 0. The van der Waals surface area contributed by atoms with Crippen LogP contribution in [0.15, 0.2) is 51.5 Å². The molecule has 0 aliphatic rings. The van der Waals surface area contributed by atoms with Crippen LogP contribution in [0.3, 0.4) is 0 Å². The highest BCUT2D eigenvalue weighted by atomic mass is 35.5. The summed E-state index contributed by atoms with van der Waals surface area (Å²) in [4.78, 5) is 10.8. The molecule has 0 spiro atoms. The van der Waals surface area contributed by atoms with Gasteiger partial charge in [-0.2, -0.15) is 4.98 Å². The fourth-order valence-electron chi connectivity index (χ4n) is 2.51. The zero-order chi connectivity index (χ0) is 18.8. The quantitative estimate of drug-likeness (QED) is 0.514. The van der Waals surface area contributed by atoms with E-state index in [1.165, 1.54) is 0 Å². The van der Waals surface area contributed by atoms with E-state index in [2.05, 4.69) is 25.3 Å². The van der Waals surface area contributed by atoms with E-state index in [9.17, 15) is 0 Å². The van der Waals surface area contributed by atoms with Gasteiger partial charge in [-0.05, 0) is 24.3 Å². The van der Waals surface area contributed by atoms with Crippen molar-refractivity contribution in [3.63, 3.8) is 0 Å². The molecule has 0 saturated carbocycles. The van der Waals surface area contributed by atoms with E-state index in [1.54, 1.807) is 25.3 Å². The van der Waals surface area contributed by atoms with Crippen molar-refractivity contribution in [3.05, 3.63) is 59.4 Å². The Morgan fingerprint density at radius 1 is 1.11 bits per heavy atom. The van der Waals surface area contributed by atoms with Crippen molar-refractivity contribution < 1.29 is 8.94 Å². The lowest BCUT2D eigenvalue weighted by atomic mass is 10.2. The van der Waals surface area contributed by atoms with E-state index >= 15 is 0 Å². The Kier molecular flexibility index (Phi) is 4.55. The summed E-state index contributed by atoms with van der Waals surface area (Å²) < 4.78 is 10.7. The van der Waals surface area contributed by atoms with Crippen LogP contribution in [0, 0.1) is 6.92 Å². The fraction of sp³-hybridized carbons (Fsp3) is 0.167. The Labute approximate surface area is 159 Å². The largest absolute Gasteiger partial charge is 0.424 e. The van der Waals surface area contributed by atoms with Crippen LogP contribution >= 0.6 is 11.6 Å². The molecule has 1 aromatic carbocycles. The van der Waals surface area contributed by atoms with Crippen molar-refractivity contribution in [1.82, 2.24) is 25.3 Å². The van der Waals surface area contributed by atoms with Crippen LogP contribution in [0.2, 0.25) is 5.02 Å². The number of rotatable bonds is 5. The second kappa shape index (κ2) is 7.16. The molecule has 0 N–H and O–H groups in total. The molecule has 4 aromatic rings. The highest BCUT2D eigenvalue weighted by Gasteiger charge is 2.13. The molecule has 0 fully saturated rings. The van der Waals surface area contributed by atoms with E-state index in [0.29, 0.717) is 35.1 Å². The van der Waals surface area contributed by atoms with Crippen LogP contribution in [-0.4, -0.2) is 32.4 Å². The highest BCUT2D eigenvalue weighted by Crippen LogP contribution is 2.24. The number of aryl methyl sites for hydroxylation is 1. The van der Waals surface area contributed by atoms with Gasteiger partial charge in [-0.25, -0.2) is 4.98 Å². The summed E-state index contributed by atoms with van der Waals surface area (Å²) in [5.41, 5.74) is 1.51. The number of nitrogens with zero attached hydrogens (tertiary/aromatic N) is 6. The smallest absolute Gasteiger partial charge is 0.259 e. The van der Waals surface area contributed by atoms with Crippen LogP contribution in [-0.2, 0) is 6.54 Å². The summed E-state index contributed by atoms with van der Waals surface area (Å²) in [7, 11) is 1.89. The number of hydrogen-bond acceptors (Lipinski definition) is 8. The fourth-order valence-corrected chi connectivity index (χ4v) is 2.70. The Balaban J connectivity index is 1.50. The van der Waals surface area contributed by atoms with Crippen molar-refractivity contribution in [3.8, 4) is 22.8 Å². The number of benzene rings is 1. The molecule has 0 unspecified atom stereocenters. The van der Waals surface area contributed by atoms with Gasteiger partial charge in [0.05, 0.1) is 12.1 Å². The second-order valence-corrected chi connectivity index (χ2v) is 6.35. The van der Waals surface area contributed by atoms with E-state index in [-0.39, 0.29) is 0 Å². The SMILES string of the molecule is Cc1nnc(CN(C)c2ccc(-c3nc(-c4cccc(Cl)c4)no3)cn2)o1. The predicted molar refractivity (Wildman–Crippen MR) is 99.1 cm³/mol. The number of pyridine rings is 1. The number of halogens is 1. The zero-order valence-corrected chi connectivity index (χ0v) is 15.4. The first-order valence-corrected chi connectivity index (χ1v) is 8.52. The molecule has 0 aliphatic carbocycles. The molecule has 0 amide bonds. The minimum Gasteiger partial charge on any atom is -0.424 e. The molecule has 0 aliphatic heterocycles. The minimum atomic E-state index is 0.388. The summed E-state index contributed by atoms with van der Waals surface area (Å²) in [6.07, 6.45) is 1.68. The molecule has 136 valence electrons. The summed E-state index contributed by atoms with van der Waals surface area (Å²) in [6.45, 7) is 2.22. The van der Waals surface area contributed by atoms with Gasteiger partial charge in [0.15, 0.2) is 0 Å². The lowest BCUT2D eigenvalue weighted by Gasteiger charge is -2.15. The third-order valence-electron chi connectivity index (χ3n) is 3.84. The van der Waals surface area contributed by atoms with Crippen LogP contribution < -0.4 is 4.90 Å². The van der Waals surface area contributed by atoms with Gasteiger partial charge in [-0.15, -0.1) is 10.2 Å². The van der Waals surface area contributed by atoms with E-state index in [4.69, 9.17) is 20.5 Å². The van der Waals surface area contributed by atoms with Gasteiger partial charge >= 0.3 is 0 Å². The van der Waals surface area contributed by atoms with Gasteiger partial charge in [0, 0.05) is 30.8 Å². The maximum absolute atomic E-state index is 6.01. The van der Waals surface area contributed by atoms with Gasteiger partial charge in [0.25, 0.3) is 5.89 Å². The van der Waals surface area contributed by atoms with Gasteiger partial charge in [-0.1, -0.05) is 28.9 Å². The highest BCUT2D eigenvalue weighted by molar-refractivity contribution is 6.30. The Hall–Kier alpha value is -3.26. The van der Waals surface area contributed by atoms with E-state index in [1.807, 2.05) is 36.2 Å². The average molecular weight is 383 g/mol. The zero-order valence-electron chi connectivity index (χ0n) is 14.6. The number of aromatic nitrogens is 5. The van der Waals surface area contributed by atoms with E-state index < -0.39 is 0 Å². The third kappa shape index (κ3) is 3.80. The topological polar surface area (TPSA) is 94.0 Å². The normalized spacial score (nSPS) is 10.9. The monoisotopic (exact) mass is 382 g/mol. The van der Waals surface area contributed by atoms with Crippen LogP contribution in [0.4, 0.5) is 5.82 Å². The maximum atomic E-state index is 6.01. The van der Waals surface area contributed by atoms with Crippen molar-refractivity contribution >= 4 is 17.4 Å². The molecule has 9 heteroatoms. The lowest BCUT2D eigenvalue weighted by Crippen LogP contribution is -2.17. The minimum absolute atomic E-state index is 0.388. The van der Waals surface area contributed by atoms with Crippen molar-refractivity contribution in [2.45, 2.75) is 13.5 Å². The summed E-state index contributed by atoms with van der Waals surface area (Å²) in [6, 6.07) is 11.0. The maximum Gasteiger partial charge on any atom is 0.259 e.